The van der Waals surface area contributed by atoms with E-state index in [2.05, 4.69) is 15.4 Å². The number of nitrogens with one attached hydrogen (secondary N) is 1. The maximum atomic E-state index is 5.60. The average Bonchev–Trinajstić information content (AvgIpc) is 2.46. The summed E-state index contributed by atoms with van der Waals surface area (Å²) >= 11 is 0. The molecule has 1 aliphatic carbocycles. The van der Waals surface area contributed by atoms with Gasteiger partial charge in [0.15, 0.2) is 5.82 Å². The Kier molecular flexibility index (Phi) is 3.13. The highest BCUT2D eigenvalue weighted by atomic mass is 15.3. The number of rotatable bonds is 2. The first-order valence-electron chi connectivity index (χ1n) is 6.57. The molecule has 2 aromatic heterocycles. The Morgan fingerprint density at radius 3 is 2.84 bits per heavy atom. The maximum absolute atomic E-state index is 5.60. The molecule has 0 saturated carbocycles. The fourth-order valence-corrected chi connectivity index (χ4v) is 2.53. The Morgan fingerprint density at radius 1 is 1.21 bits per heavy atom. The van der Waals surface area contributed by atoms with Gasteiger partial charge in [-0.25, -0.2) is 15.8 Å². The van der Waals surface area contributed by atoms with Crippen LogP contribution >= 0.6 is 0 Å². The molecule has 0 aromatic carbocycles. The normalized spacial score (nSPS) is 14.0. The standard InChI is InChI=1S/C14H17N5/c1-9-6-7-16-8-11(9)13-17-12-5-3-2-4-10(12)14(18-13)19-15/h6-8H,2-5,15H2,1H3,(H,17,18,19). The third-order valence-corrected chi connectivity index (χ3v) is 3.60. The predicted molar refractivity (Wildman–Crippen MR) is 74.5 cm³/mol. The second-order valence-electron chi connectivity index (χ2n) is 4.86. The van der Waals surface area contributed by atoms with Crippen molar-refractivity contribution < 1.29 is 0 Å². The fourth-order valence-electron chi connectivity index (χ4n) is 2.53. The van der Waals surface area contributed by atoms with Crippen LogP contribution in [0, 0.1) is 6.92 Å². The molecule has 2 heterocycles. The first kappa shape index (κ1) is 12.0. The predicted octanol–water partition coefficient (Wildman–Crippen LogP) is 2.01. The summed E-state index contributed by atoms with van der Waals surface area (Å²) in [5, 5.41) is 0. The van der Waals surface area contributed by atoms with Crippen LogP contribution < -0.4 is 11.3 Å². The number of nitrogens with zero attached hydrogens (tertiary/aromatic N) is 3. The lowest BCUT2D eigenvalue weighted by Crippen LogP contribution is -2.17. The zero-order chi connectivity index (χ0) is 13.2. The van der Waals surface area contributed by atoms with E-state index in [0.29, 0.717) is 5.82 Å². The lowest BCUT2D eigenvalue weighted by Gasteiger charge is -2.18. The molecule has 0 fully saturated rings. The number of nitrogen functional groups attached to an aromatic ring is 1. The van der Waals surface area contributed by atoms with Crippen LogP contribution in [0.1, 0.15) is 29.7 Å². The topological polar surface area (TPSA) is 76.7 Å². The molecule has 5 heteroatoms. The molecular formula is C14H17N5. The van der Waals surface area contributed by atoms with Gasteiger partial charge < -0.3 is 5.43 Å². The Morgan fingerprint density at radius 2 is 2.05 bits per heavy atom. The molecule has 3 N–H and O–H groups in total. The summed E-state index contributed by atoms with van der Waals surface area (Å²) < 4.78 is 0. The molecule has 1 aliphatic rings. The average molecular weight is 255 g/mol. The molecule has 0 radical (unpaired) electrons. The molecule has 5 nitrogen and oxygen atoms in total. The molecule has 0 amide bonds. The monoisotopic (exact) mass is 255 g/mol. The number of hydrazine groups is 1. The molecule has 0 atom stereocenters. The van der Waals surface area contributed by atoms with Gasteiger partial charge in [-0.05, 0) is 44.2 Å². The number of nitrogens with two attached hydrogens (primary N) is 1. The van der Waals surface area contributed by atoms with Gasteiger partial charge in [0.05, 0.1) is 0 Å². The van der Waals surface area contributed by atoms with Crippen molar-refractivity contribution >= 4 is 5.82 Å². The largest absolute Gasteiger partial charge is 0.308 e. The van der Waals surface area contributed by atoms with Gasteiger partial charge in [-0.2, -0.15) is 0 Å². The van der Waals surface area contributed by atoms with E-state index in [1.54, 1.807) is 12.4 Å². The van der Waals surface area contributed by atoms with E-state index in [1.165, 1.54) is 18.4 Å². The van der Waals surface area contributed by atoms with Crippen molar-refractivity contribution in [2.45, 2.75) is 32.6 Å². The second-order valence-corrected chi connectivity index (χ2v) is 4.86. The summed E-state index contributed by atoms with van der Waals surface area (Å²) in [6, 6.07) is 1.97. The molecule has 0 saturated heterocycles. The molecule has 0 bridgehead atoms. The summed E-state index contributed by atoms with van der Waals surface area (Å²) in [4.78, 5) is 13.4. The summed E-state index contributed by atoms with van der Waals surface area (Å²) in [5.74, 6) is 7.06. The van der Waals surface area contributed by atoms with Crippen LogP contribution in [0.2, 0.25) is 0 Å². The van der Waals surface area contributed by atoms with Crippen LogP contribution in [0.25, 0.3) is 11.4 Å². The zero-order valence-electron chi connectivity index (χ0n) is 11.0. The van der Waals surface area contributed by atoms with Crippen molar-refractivity contribution in [1.82, 2.24) is 15.0 Å². The first-order valence-corrected chi connectivity index (χ1v) is 6.57. The quantitative estimate of drug-likeness (QED) is 0.634. The smallest absolute Gasteiger partial charge is 0.163 e. The third-order valence-electron chi connectivity index (χ3n) is 3.60. The van der Waals surface area contributed by atoms with Gasteiger partial charge in [0.1, 0.15) is 5.82 Å². The number of aryl methyl sites for hydroxylation is 2. The van der Waals surface area contributed by atoms with Gasteiger partial charge in [-0.1, -0.05) is 0 Å². The van der Waals surface area contributed by atoms with Crippen LogP contribution in [0.5, 0.6) is 0 Å². The number of hydrogen-bond donors (Lipinski definition) is 2. The van der Waals surface area contributed by atoms with Crippen LogP contribution in [-0.2, 0) is 12.8 Å². The molecule has 0 unspecified atom stereocenters. The van der Waals surface area contributed by atoms with Crippen molar-refractivity contribution in [1.29, 1.82) is 0 Å². The van der Waals surface area contributed by atoms with E-state index in [-0.39, 0.29) is 0 Å². The highest BCUT2D eigenvalue weighted by molar-refractivity contribution is 5.62. The van der Waals surface area contributed by atoms with Crippen molar-refractivity contribution in [2.75, 3.05) is 5.43 Å². The van der Waals surface area contributed by atoms with Crippen molar-refractivity contribution in [3.8, 4) is 11.4 Å². The molecular weight excluding hydrogens is 238 g/mol. The Balaban J connectivity index is 2.15. The number of hydrogen-bond acceptors (Lipinski definition) is 5. The SMILES string of the molecule is Cc1ccncc1-c1nc2c(c(NN)n1)CCCC2. The van der Waals surface area contributed by atoms with E-state index in [4.69, 9.17) is 10.8 Å². The van der Waals surface area contributed by atoms with E-state index < -0.39 is 0 Å². The van der Waals surface area contributed by atoms with Crippen LogP contribution in [-0.4, -0.2) is 15.0 Å². The molecule has 2 aromatic rings. The lowest BCUT2D eigenvalue weighted by atomic mass is 9.96. The van der Waals surface area contributed by atoms with E-state index in [9.17, 15) is 0 Å². The fraction of sp³-hybridized carbons (Fsp3) is 0.357. The summed E-state index contributed by atoms with van der Waals surface area (Å²) in [6.45, 7) is 2.04. The van der Waals surface area contributed by atoms with Gasteiger partial charge in [0.25, 0.3) is 0 Å². The highest BCUT2D eigenvalue weighted by Gasteiger charge is 2.18. The highest BCUT2D eigenvalue weighted by Crippen LogP contribution is 2.28. The van der Waals surface area contributed by atoms with Crippen molar-refractivity contribution in [2.24, 2.45) is 5.84 Å². The number of pyridine rings is 1. The minimum absolute atomic E-state index is 0.708. The minimum Gasteiger partial charge on any atom is -0.308 e. The van der Waals surface area contributed by atoms with Crippen LogP contribution in [0.4, 0.5) is 5.82 Å². The summed E-state index contributed by atoms with van der Waals surface area (Å²) in [7, 11) is 0. The summed E-state index contributed by atoms with van der Waals surface area (Å²) in [6.07, 6.45) is 7.94. The van der Waals surface area contributed by atoms with Crippen LogP contribution in [0.3, 0.4) is 0 Å². The van der Waals surface area contributed by atoms with Crippen molar-refractivity contribution in [3.05, 3.63) is 35.3 Å². The lowest BCUT2D eigenvalue weighted by molar-refractivity contribution is 0.664. The molecule has 0 spiro atoms. The number of anilines is 1. The van der Waals surface area contributed by atoms with E-state index in [1.807, 2.05) is 13.0 Å². The van der Waals surface area contributed by atoms with Crippen molar-refractivity contribution in [3.63, 3.8) is 0 Å². The number of fused-ring (bicyclic) bond motifs is 1. The Labute approximate surface area is 112 Å². The molecule has 98 valence electrons. The minimum atomic E-state index is 0.708. The van der Waals surface area contributed by atoms with E-state index >= 15 is 0 Å². The third kappa shape index (κ3) is 2.17. The van der Waals surface area contributed by atoms with Gasteiger partial charge >= 0.3 is 0 Å². The van der Waals surface area contributed by atoms with Gasteiger partial charge in [-0.15, -0.1) is 0 Å². The molecule has 3 rings (SSSR count). The van der Waals surface area contributed by atoms with E-state index in [0.717, 1.165) is 35.5 Å². The zero-order valence-corrected chi connectivity index (χ0v) is 11.0. The van der Waals surface area contributed by atoms with Crippen LogP contribution in [0.15, 0.2) is 18.5 Å². The van der Waals surface area contributed by atoms with Gasteiger partial charge in [-0.3, -0.25) is 4.98 Å². The maximum Gasteiger partial charge on any atom is 0.163 e. The number of aromatic nitrogens is 3. The Bertz CT molecular complexity index is 592. The molecule has 0 aliphatic heterocycles. The molecule has 19 heavy (non-hydrogen) atoms. The Hall–Kier alpha value is -2.01. The van der Waals surface area contributed by atoms with Gasteiger partial charge in [0, 0.05) is 29.2 Å². The second kappa shape index (κ2) is 4.93. The summed E-state index contributed by atoms with van der Waals surface area (Å²) in [5.41, 5.74) is 7.08. The first-order chi connectivity index (χ1) is 9.29. The van der Waals surface area contributed by atoms with Gasteiger partial charge in [0.2, 0.25) is 0 Å².